The number of carbonyl (C=O) groups is 1. The Morgan fingerprint density at radius 2 is 1.91 bits per heavy atom. The molecule has 2 rings (SSSR count). The van der Waals surface area contributed by atoms with Crippen molar-refractivity contribution < 1.29 is 9.53 Å². The van der Waals surface area contributed by atoms with E-state index < -0.39 is 5.60 Å². The van der Waals surface area contributed by atoms with Crippen molar-refractivity contribution >= 4 is 6.09 Å². The third-order valence-corrected chi connectivity index (χ3v) is 4.98. The van der Waals surface area contributed by atoms with Gasteiger partial charge in [0, 0.05) is 19.4 Å². The number of rotatable bonds is 5. The number of nitrogens with zero attached hydrogens (tertiary/aromatic N) is 1. The highest BCUT2D eigenvalue weighted by molar-refractivity contribution is 5.70. The first-order valence-corrected chi connectivity index (χ1v) is 8.46. The van der Waals surface area contributed by atoms with E-state index in [1.165, 1.54) is 5.56 Å². The fourth-order valence-electron chi connectivity index (χ4n) is 3.31. The van der Waals surface area contributed by atoms with Gasteiger partial charge in [-0.1, -0.05) is 55.8 Å². The van der Waals surface area contributed by atoms with E-state index >= 15 is 0 Å². The third-order valence-electron chi connectivity index (χ3n) is 4.98. The van der Waals surface area contributed by atoms with Gasteiger partial charge in [-0.25, -0.2) is 4.79 Å². The maximum Gasteiger partial charge on any atom is 0.410 e. The van der Waals surface area contributed by atoms with Gasteiger partial charge in [0.2, 0.25) is 0 Å². The lowest BCUT2D eigenvalue weighted by Gasteiger charge is -2.45. The summed E-state index contributed by atoms with van der Waals surface area (Å²) < 4.78 is 5.95. The van der Waals surface area contributed by atoms with Crippen LogP contribution >= 0.6 is 0 Å². The van der Waals surface area contributed by atoms with E-state index in [1.807, 2.05) is 11.8 Å². The van der Waals surface area contributed by atoms with Crippen LogP contribution in [0.25, 0.3) is 0 Å². The van der Waals surface area contributed by atoms with Crippen LogP contribution < -0.4 is 0 Å². The number of cyclic esters (lactones) is 1. The Kier molecular flexibility index (Phi) is 5.18. The molecule has 0 spiro atoms. The van der Waals surface area contributed by atoms with Crippen LogP contribution in [0.4, 0.5) is 4.79 Å². The van der Waals surface area contributed by atoms with Gasteiger partial charge in [0.05, 0.1) is 6.04 Å². The highest BCUT2D eigenvalue weighted by Gasteiger charge is 2.44. The molecule has 1 aliphatic heterocycles. The molecular formula is C20H29NO2. The second-order valence-corrected chi connectivity index (χ2v) is 7.25. The molecule has 1 heterocycles. The van der Waals surface area contributed by atoms with Crippen LogP contribution in [0.1, 0.15) is 57.7 Å². The molecule has 0 aliphatic carbocycles. The molecule has 1 aromatic carbocycles. The van der Waals surface area contributed by atoms with Crippen molar-refractivity contribution in [2.45, 2.75) is 59.1 Å². The molecule has 0 N–H and O–H groups in total. The molecule has 2 atom stereocenters. The summed E-state index contributed by atoms with van der Waals surface area (Å²) in [5.41, 5.74) is 3.02. The molecule has 1 aromatic rings. The fourth-order valence-corrected chi connectivity index (χ4v) is 3.31. The molecule has 0 bridgehead atoms. The number of aryl methyl sites for hydroxylation is 1. The lowest BCUT2D eigenvalue weighted by atomic mass is 9.80. The van der Waals surface area contributed by atoms with Crippen molar-refractivity contribution in [1.29, 1.82) is 0 Å². The Morgan fingerprint density at radius 1 is 1.30 bits per heavy atom. The summed E-state index contributed by atoms with van der Waals surface area (Å²) in [6, 6.07) is 8.37. The first-order chi connectivity index (χ1) is 10.7. The highest BCUT2D eigenvalue weighted by atomic mass is 16.6. The van der Waals surface area contributed by atoms with Crippen LogP contribution in [-0.4, -0.2) is 23.1 Å². The second-order valence-electron chi connectivity index (χ2n) is 7.25. The largest absolute Gasteiger partial charge is 0.442 e. The van der Waals surface area contributed by atoms with Crippen LogP contribution in [0.5, 0.6) is 0 Å². The van der Waals surface area contributed by atoms with E-state index in [-0.39, 0.29) is 18.1 Å². The van der Waals surface area contributed by atoms with E-state index in [4.69, 9.17) is 4.74 Å². The summed E-state index contributed by atoms with van der Waals surface area (Å²) in [5, 5.41) is 0. The SMILES string of the molecule is C=C(C)C[C@]1(C(C)C)CCN([C@@H](C)c2ccc(C)cc2)C(=O)O1. The summed E-state index contributed by atoms with van der Waals surface area (Å²) in [7, 11) is 0. The molecule has 0 aromatic heterocycles. The zero-order valence-electron chi connectivity index (χ0n) is 15.1. The predicted octanol–water partition coefficient (Wildman–Crippen LogP) is 5.26. The van der Waals surface area contributed by atoms with Crippen LogP contribution in [-0.2, 0) is 4.74 Å². The van der Waals surface area contributed by atoms with Crippen molar-refractivity contribution in [2.24, 2.45) is 5.92 Å². The molecule has 1 aliphatic rings. The van der Waals surface area contributed by atoms with Crippen molar-refractivity contribution in [3.05, 3.63) is 47.5 Å². The molecule has 0 saturated carbocycles. The zero-order chi connectivity index (χ0) is 17.2. The van der Waals surface area contributed by atoms with Crippen molar-refractivity contribution in [2.75, 3.05) is 6.54 Å². The summed E-state index contributed by atoms with van der Waals surface area (Å²) in [6.07, 6.45) is 1.38. The maximum absolute atomic E-state index is 12.7. The second kappa shape index (κ2) is 6.77. The minimum atomic E-state index is -0.410. The molecule has 3 nitrogen and oxygen atoms in total. The summed E-state index contributed by atoms with van der Waals surface area (Å²) in [5.74, 6) is 0.278. The topological polar surface area (TPSA) is 29.5 Å². The smallest absolute Gasteiger partial charge is 0.410 e. The van der Waals surface area contributed by atoms with Gasteiger partial charge in [-0.15, -0.1) is 0 Å². The van der Waals surface area contributed by atoms with Gasteiger partial charge in [-0.05, 0) is 32.3 Å². The Labute approximate surface area is 140 Å². The molecule has 1 fully saturated rings. The number of ether oxygens (including phenoxy) is 1. The monoisotopic (exact) mass is 315 g/mol. The molecule has 23 heavy (non-hydrogen) atoms. The van der Waals surface area contributed by atoms with Crippen LogP contribution in [0, 0.1) is 12.8 Å². The van der Waals surface area contributed by atoms with Gasteiger partial charge in [-0.2, -0.15) is 0 Å². The Balaban J connectivity index is 2.15. The summed E-state index contributed by atoms with van der Waals surface area (Å²) in [6.45, 7) is 15.1. The van der Waals surface area contributed by atoms with E-state index in [0.717, 1.165) is 30.5 Å². The third kappa shape index (κ3) is 3.77. The number of hydrogen-bond acceptors (Lipinski definition) is 2. The molecule has 1 saturated heterocycles. The van der Waals surface area contributed by atoms with Gasteiger partial charge in [0.15, 0.2) is 0 Å². The van der Waals surface area contributed by atoms with E-state index in [0.29, 0.717) is 0 Å². The molecule has 1 amide bonds. The Hall–Kier alpha value is -1.77. The minimum absolute atomic E-state index is 0.0260. The maximum atomic E-state index is 12.7. The zero-order valence-corrected chi connectivity index (χ0v) is 15.1. The van der Waals surface area contributed by atoms with Gasteiger partial charge < -0.3 is 9.64 Å². The van der Waals surface area contributed by atoms with E-state index in [1.54, 1.807) is 0 Å². The van der Waals surface area contributed by atoms with Gasteiger partial charge in [0.1, 0.15) is 5.60 Å². The molecular weight excluding hydrogens is 286 g/mol. The summed E-state index contributed by atoms with van der Waals surface area (Å²) >= 11 is 0. The van der Waals surface area contributed by atoms with Gasteiger partial charge >= 0.3 is 6.09 Å². The van der Waals surface area contributed by atoms with E-state index in [2.05, 4.69) is 58.5 Å². The fraction of sp³-hybridized carbons (Fsp3) is 0.550. The Bertz CT molecular complexity index is 576. The highest BCUT2D eigenvalue weighted by Crippen LogP contribution is 2.38. The van der Waals surface area contributed by atoms with E-state index in [9.17, 15) is 4.79 Å². The molecule has 0 unspecified atom stereocenters. The summed E-state index contributed by atoms with van der Waals surface area (Å²) in [4.78, 5) is 14.5. The molecule has 3 heteroatoms. The Morgan fingerprint density at radius 3 is 2.39 bits per heavy atom. The van der Waals surface area contributed by atoms with Crippen molar-refractivity contribution in [1.82, 2.24) is 4.90 Å². The number of hydrogen-bond donors (Lipinski definition) is 0. The molecule has 0 radical (unpaired) electrons. The first kappa shape index (κ1) is 17.6. The van der Waals surface area contributed by atoms with Crippen molar-refractivity contribution in [3.8, 4) is 0 Å². The minimum Gasteiger partial charge on any atom is -0.442 e. The van der Waals surface area contributed by atoms with Crippen molar-refractivity contribution in [3.63, 3.8) is 0 Å². The lowest BCUT2D eigenvalue weighted by molar-refractivity contribution is -0.0819. The quantitative estimate of drug-likeness (QED) is 0.694. The molecule has 126 valence electrons. The number of carbonyl (C=O) groups excluding carboxylic acids is 1. The van der Waals surface area contributed by atoms with Gasteiger partial charge in [0.25, 0.3) is 0 Å². The predicted molar refractivity (Wildman–Crippen MR) is 94.4 cm³/mol. The lowest BCUT2D eigenvalue weighted by Crippen LogP contribution is -2.52. The van der Waals surface area contributed by atoms with Gasteiger partial charge in [-0.3, -0.25) is 0 Å². The number of benzene rings is 1. The number of amides is 1. The first-order valence-electron chi connectivity index (χ1n) is 8.46. The van der Waals surface area contributed by atoms with Crippen LogP contribution in [0.2, 0.25) is 0 Å². The average Bonchev–Trinajstić information content (AvgIpc) is 2.46. The normalized spacial score (nSPS) is 22.9. The van der Waals surface area contributed by atoms with Crippen LogP contribution in [0.15, 0.2) is 36.4 Å². The average molecular weight is 315 g/mol. The van der Waals surface area contributed by atoms with Crippen LogP contribution in [0.3, 0.4) is 0 Å². The standard InChI is InChI=1S/C20H29NO2/c1-14(2)13-20(15(3)4)11-12-21(19(22)23-20)17(6)18-9-7-16(5)8-10-18/h7-10,15,17H,1,11-13H2,2-6H3/t17-,20-/m0/s1.